The topological polar surface area (TPSA) is 0 Å². The van der Waals surface area contributed by atoms with E-state index in [0.29, 0.717) is 0 Å². The Morgan fingerprint density at radius 2 is 0.588 bits per heavy atom. The maximum Gasteiger partial charge on any atom is 0.325 e. The van der Waals surface area contributed by atoms with Crippen molar-refractivity contribution in [1.82, 2.24) is 0 Å². The summed E-state index contributed by atoms with van der Waals surface area (Å²) < 4.78 is 127. The zero-order valence-corrected chi connectivity index (χ0v) is 7.43. The van der Waals surface area contributed by atoms with Gasteiger partial charge < -0.3 is 0 Å². The van der Waals surface area contributed by atoms with E-state index in [9.17, 15) is 43.9 Å². The highest BCUT2D eigenvalue weighted by atomic mass is 19.3. The van der Waals surface area contributed by atoms with E-state index in [-0.39, 0.29) is 0 Å². The molecule has 0 aromatic heterocycles. The molecule has 2 bridgehead atoms. The van der Waals surface area contributed by atoms with Crippen LogP contribution in [0.3, 0.4) is 0 Å². The van der Waals surface area contributed by atoms with Gasteiger partial charge in [-0.15, -0.1) is 0 Å². The van der Waals surface area contributed by atoms with Gasteiger partial charge in [0.2, 0.25) is 0 Å². The van der Waals surface area contributed by atoms with E-state index < -0.39 is 41.4 Å². The highest BCUT2D eigenvalue weighted by Crippen LogP contribution is 2.77. The summed E-state index contributed by atoms with van der Waals surface area (Å²) in [5.41, 5.74) is 0. The molecule has 0 aromatic rings. The molecule has 0 saturated heterocycles. The zero-order chi connectivity index (χ0) is 13.7. The van der Waals surface area contributed by atoms with Gasteiger partial charge in [-0.1, -0.05) is 0 Å². The summed E-state index contributed by atoms with van der Waals surface area (Å²) >= 11 is 0. The molecule has 2 fully saturated rings. The highest BCUT2D eigenvalue weighted by molar-refractivity contribution is 5.28. The molecule has 0 N–H and O–H groups in total. The first-order valence-electron chi connectivity index (χ1n) is 4.12. The van der Waals surface area contributed by atoms with Crippen LogP contribution in [0.15, 0.2) is 0 Å². The van der Waals surface area contributed by atoms with Crippen LogP contribution in [0.4, 0.5) is 43.9 Å². The molecular weight excluding hydrogens is 274 g/mol. The van der Waals surface area contributed by atoms with Crippen LogP contribution in [0.5, 0.6) is 0 Å². The van der Waals surface area contributed by atoms with Crippen molar-refractivity contribution in [1.29, 1.82) is 0 Å². The number of hydrogen-bond donors (Lipinski definition) is 0. The standard InChI is InChI=1S/C7H2F10/c8-3(9)1-4(10,11)6(14,15)2(3)7(16,17)5(1,12)13/h1-2H. The molecule has 100 valence electrons. The molecule has 0 nitrogen and oxygen atoms in total. The summed E-state index contributed by atoms with van der Waals surface area (Å²) in [6.45, 7) is 0. The number of halogens is 10. The van der Waals surface area contributed by atoms with Crippen LogP contribution in [-0.4, -0.2) is 29.6 Å². The van der Waals surface area contributed by atoms with Gasteiger partial charge in [0.05, 0.1) is 0 Å². The summed E-state index contributed by atoms with van der Waals surface area (Å²) in [6, 6.07) is 0. The van der Waals surface area contributed by atoms with Crippen LogP contribution in [0, 0.1) is 11.8 Å². The van der Waals surface area contributed by atoms with Gasteiger partial charge in [-0.05, 0) is 0 Å². The van der Waals surface area contributed by atoms with Gasteiger partial charge in [0.15, 0.2) is 11.8 Å². The first-order chi connectivity index (χ1) is 7.23. The monoisotopic (exact) mass is 276 g/mol. The second kappa shape index (κ2) is 2.51. The molecule has 2 rings (SSSR count). The fraction of sp³-hybridized carbons (Fsp3) is 1.00. The number of hydrogen-bond acceptors (Lipinski definition) is 0. The van der Waals surface area contributed by atoms with Crippen LogP contribution < -0.4 is 0 Å². The zero-order valence-electron chi connectivity index (χ0n) is 7.43. The molecule has 17 heavy (non-hydrogen) atoms. The fourth-order valence-corrected chi connectivity index (χ4v) is 2.36. The Hall–Kier alpha value is -0.700. The van der Waals surface area contributed by atoms with Gasteiger partial charge in [-0.25, -0.2) is 8.78 Å². The SMILES string of the molecule is FC1(F)C2C(F)(F)C(F)(F)C1C(F)(F)C2(F)F. The number of alkyl halides is 10. The number of fused-ring (bicyclic) bond motifs is 2. The minimum absolute atomic E-state index is 4.70. The van der Waals surface area contributed by atoms with E-state index in [1.165, 1.54) is 0 Å². The van der Waals surface area contributed by atoms with E-state index >= 15 is 0 Å². The molecule has 0 aromatic carbocycles. The Morgan fingerprint density at radius 1 is 0.412 bits per heavy atom. The molecule has 0 spiro atoms. The first-order valence-corrected chi connectivity index (χ1v) is 4.12. The molecule has 0 unspecified atom stereocenters. The number of rotatable bonds is 0. The summed E-state index contributed by atoms with van der Waals surface area (Å²) in [7, 11) is 0. The Bertz CT molecular complexity index is 307. The van der Waals surface area contributed by atoms with Crippen LogP contribution in [0.1, 0.15) is 0 Å². The van der Waals surface area contributed by atoms with Gasteiger partial charge in [-0.2, -0.15) is 35.1 Å². The predicted octanol–water partition coefficient (Wildman–Crippen LogP) is 3.42. The van der Waals surface area contributed by atoms with E-state index in [1.807, 2.05) is 0 Å². The van der Waals surface area contributed by atoms with Crippen molar-refractivity contribution >= 4 is 0 Å². The maximum absolute atomic E-state index is 12.9. The molecular formula is C7H2F10. The Labute approximate surface area is 86.6 Å². The van der Waals surface area contributed by atoms with Gasteiger partial charge >= 0.3 is 23.7 Å². The Balaban J connectivity index is 2.73. The molecule has 0 aliphatic heterocycles. The Kier molecular flexibility index (Phi) is 1.88. The van der Waals surface area contributed by atoms with Crippen molar-refractivity contribution in [3.05, 3.63) is 0 Å². The second-order valence-corrected chi connectivity index (χ2v) is 4.03. The minimum atomic E-state index is -5.88. The smallest absolute Gasteiger partial charge is 0.205 e. The van der Waals surface area contributed by atoms with Gasteiger partial charge in [0.25, 0.3) is 5.92 Å². The van der Waals surface area contributed by atoms with Crippen LogP contribution in [-0.2, 0) is 0 Å². The molecule has 2 aliphatic rings. The van der Waals surface area contributed by atoms with Crippen molar-refractivity contribution in [2.75, 3.05) is 0 Å². The molecule has 10 heteroatoms. The van der Waals surface area contributed by atoms with Crippen molar-refractivity contribution in [3.8, 4) is 0 Å². The first kappa shape index (κ1) is 12.7. The summed E-state index contributed by atoms with van der Waals surface area (Å²) in [5, 5.41) is 0. The quantitative estimate of drug-likeness (QED) is 0.595. The average Bonchev–Trinajstić information content (AvgIpc) is 2.14. The Morgan fingerprint density at radius 3 is 0.706 bits per heavy atom. The summed E-state index contributed by atoms with van der Waals surface area (Å²) in [4.78, 5) is 0. The maximum atomic E-state index is 12.9. The molecule has 0 radical (unpaired) electrons. The molecule has 2 saturated carbocycles. The third-order valence-electron chi connectivity index (χ3n) is 3.11. The van der Waals surface area contributed by atoms with Crippen LogP contribution in [0.2, 0.25) is 0 Å². The molecule has 0 heterocycles. The van der Waals surface area contributed by atoms with Gasteiger partial charge in [0, 0.05) is 0 Å². The fourth-order valence-electron chi connectivity index (χ4n) is 2.36. The minimum Gasteiger partial charge on any atom is -0.205 e. The van der Waals surface area contributed by atoms with E-state index in [4.69, 9.17) is 0 Å². The molecule has 2 aliphatic carbocycles. The highest BCUT2D eigenvalue weighted by Gasteiger charge is 3.01. The lowest BCUT2D eigenvalue weighted by Gasteiger charge is -2.38. The van der Waals surface area contributed by atoms with Gasteiger partial charge in [-0.3, -0.25) is 0 Å². The predicted molar refractivity (Wildman–Crippen MR) is 31.7 cm³/mol. The van der Waals surface area contributed by atoms with E-state index in [2.05, 4.69) is 0 Å². The summed E-state index contributed by atoms with van der Waals surface area (Å²) in [5.74, 6) is -38.5. The normalized spacial score (nSPS) is 42.7. The van der Waals surface area contributed by atoms with E-state index in [1.54, 1.807) is 0 Å². The summed E-state index contributed by atoms with van der Waals surface area (Å²) in [6.07, 6.45) is 0. The average molecular weight is 276 g/mol. The van der Waals surface area contributed by atoms with Crippen molar-refractivity contribution in [3.63, 3.8) is 0 Å². The molecule has 0 amide bonds. The lowest BCUT2D eigenvalue weighted by atomic mass is 9.86. The molecule has 0 atom stereocenters. The lowest BCUT2D eigenvalue weighted by Crippen LogP contribution is -2.62. The van der Waals surface area contributed by atoms with Crippen molar-refractivity contribution < 1.29 is 43.9 Å². The van der Waals surface area contributed by atoms with Crippen molar-refractivity contribution in [2.45, 2.75) is 29.6 Å². The second-order valence-electron chi connectivity index (χ2n) is 4.03. The van der Waals surface area contributed by atoms with Crippen molar-refractivity contribution in [2.24, 2.45) is 11.8 Å². The third kappa shape index (κ3) is 0.953. The van der Waals surface area contributed by atoms with Crippen LogP contribution >= 0.6 is 0 Å². The van der Waals surface area contributed by atoms with Gasteiger partial charge in [0.1, 0.15) is 0 Å². The lowest BCUT2D eigenvalue weighted by molar-refractivity contribution is -0.353. The van der Waals surface area contributed by atoms with E-state index in [0.717, 1.165) is 0 Å². The van der Waals surface area contributed by atoms with Crippen LogP contribution in [0.25, 0.3) is 0 Å². The largest absolute Gasteiger partial charge is 0.325 e. The third-order valence-corrected chi connectivity index (χ3v) is 3.11.